The number of carbonyl (C=O) groups excluding carboxylic acids is 1. The Balaban J connectivity index is 1.48. The van der Waals surface area contributed by atoms with Crippen LogP contribution in [0, 0.1) is 11.8 Å². The fourth-order valence-electron chi connectivity index (χ4n) is 4.94. The van der Waals surface area contributed by atoms with Crippen LogP contribution in [0.5, 0.6) is 0 Å². The minimum Gasteiger partial charge on any atom is -0.381 e. The van der Waals surface area contributed by atoms with Crippen LogP contribution in [0.4, 0.5) is 0 Å². The van der Waals surface area contributed by atoms with E-state index in [1.54, 1.807) is 0 Å². The number of likely N-dealkylation sites (tertiary alicyclic amines) is 1. The molecule has 3 aliphatic rings. The normalized spacial score (nSPS) is 29.6. The lowest BCUT2D eigenvalue weighted by Crippen LogP contribution is -2.36. The predicted molar refractivity (Wildman–Crippen MR) is 98.4 cm³/mol. The fraction of sp³-hybridized carbons (Fsp3) is 0.667. The fourth-order valence-corrected chi connectivity index (χ4v) is 4.94. The Morgan fingerprint density at radius 3 is 2.64 bits per heavy atom. The van der Waals surface area contributed by atoms with Crippen LogP contribution in [-0.4, -0.2) is 43.2 Å². The highest BCUT2D eigenvalue weighted by Crippen LogP contribution is 2.49. The van der Waals surface area contributed by atoms with Crippen molar-refractivity contribution in [3.63, 3.8) is 0 Å². The summed E-state index contributed by atoms with van der Waals surface area (Å²) in [6.45, 7) is 8.35. The van der Waals surface area contributed by atoms with Crippen molar-refractivity contribution in [2.75, 3.05) is 26.3 Å². The van der Waals surface area contributed by atoms with Gasteiger partial charge in [0.2, 0.25) is 5.91 Å². The van der Waals surface area contributed by atoms with Gasteiger partial charge in [-0.05, 0) is 43.7 Å². The number of amides is 1. The molecule has 25 heavy (non-hydrogen) atoms. The van der Waals surface area contributed by atoms with Gasteiger partial charge in [0.05, 0.1) is 6.04 Å². The molecule has 1 aromatic carbocycles. The Labute approximate surface area is 150 Å². The molecular weight excluding hydrogens is 312 g/mol. The second kappa shape index (κ2) is 7.08. The summed E-state index contributed by atoms with van der Waals surface area (Å²) in [4.78, 5) is 15.3. The molecule has 136 valence electrons. The number of nitrogens with zero attached hydrogens (tertiary/aromatic N) is 1. The molecule has 0 bridgehead atoms. The second-order valence-corrected chi connectivity index (χ2v) is 8.25. The van der Waals surface area contributed by atoms with E-state index < -0.39 is 0 Å². The molecule has 1 aromatic rings. The summed E-state index contributed by atoms with van der Waals surface area (Å²) in [5.41, 5.74) is 2.80. The molecule has 0 aromatic heterocycles. The van der Waals surface area contributed by atoms with Crippen LogP contribution in [0.3, 0.4) is 0 Å². The van der Waals surface area contributed by atoms with Crippen LogP contribution in [0.25, 0.3) is 0 Å². The van der Waals surface area contributed by atoms with Crippen LogP contribution in [0.1, 0.15) is 56.2 Å². The van der Waals surface area contributed by atoms with Crippen molar-refractivity contribution in [1.29, 1.82) is 0 Å². The van der Waals surface area contributed by atoms with Gasteiger partial charge in [-0.1, -0.05) is 24.3 Å². The monoisotopic (exact) mass is 342 g/mol. The maximum absolute atomic E-state index is 12.7. The molecule has 1 N–H and O–H groups in total. The first-order valence-corrected chi connectivity index (χ1v) is 9.83. The lowest BCUT2D eigenvalue weighted by molar-refractivity contribution is -0.123. The Bertz CT molecular complexity index is 624. The molecule has 4 heteroatoms. The van der Waals surface area contributed by atoms with Crippen molar-refractivity contribution in [2.45, 2.75) is 51.1 Å². The average Bonchev–Trinajstić information content (AvgIpc) is 3.16. The number of benzene rings is 1. The lowest BCUT2D eigenvalue weighted by atomic mass is 9.93. The van der Waals surface area contributed by atoms with Crippen molar-refractivity contribution in [3.8, 4) is 0 Å². The molecule has 0 radical (unpaired) electrons. The van der Waals surface area contributed by atoms with Gasteiger partial charge in [-0.25, -0.2) is 0 Å². The molecule has 4 rings (SSSR count). The van der Waals surface area contributed by atoms with Crippen LogP contribution < -0.4 is 5.32 Å². The highest BCUT2D eigenvalue weighted by Gasteiger charge is 2.46. The molecule has 3 atom stereocenters. The van der Waals surface area contributed by atoms with E-state index >= 15 is 0 Å². The van der Waals surface area contributed by atoms with E-state index in [0.717, 1.165) is 39.1 Å². The predicted octanol–water partition coefficient (Wildman–Crippen LogP) is 3.10. The highest BCUT2D eigenvalue weighted by molar-refractivity contribution is 5.77. The van der Waals surface area contributed by atoms with Gasteiger partial charge < -0.3 is 10.1 Å². The molecule has 1 aliphatic carbocycles. The van der Waals surface area contributed by atoms with Crippen molar-refractivity contribution < 1.29 is 9.53 Å². The molecule has 2 fully saturated rings. The largest absolute Gasteiger partial charge is 0.381 e. The lowest BCUT2D eigenvalue weighted by Gasteiger charge is -2.26. The van der Waals surface area contributed by atoms with Crippen molar-refractivity contribution in [2.24, 2.45) is 11.8 Å². The molecular formula is C21H30N2O2. The summed E-state index contributed by atoms with van der Waals surface area (Å²) in [5.74, 6) is 1.78. The van der Waals surface area contributed by atoms with Gasteiger partial charge in [0.1, 0.15) is 0 Å². The third-order valence-electron chi connectivity index (χ3n) is 6.41. The number of rotatable bonds is 4. The molecule has 2 aliphatic heterocycles. The van der Waals surface area contributed by atoms with Crippen LogP contribution >= 0.6 is 0 Å². The third kappa shape index (κ3) is 3.34. The standard InChI is InChI=1S/C21H30N2O2/c1-14(2)23-12-18-16-5-3-4-6-17(16)21(19(18)13-23)22-20(24)11-15-7-9-25-10-8-15/h3-6,14-15,18-19,21H,7-13H2,1-2H3,(H,22,24)/t18-,19-,21+/m0/s1. The molecule has 1 amide bonds. The maximum atomic E-state index is 12.7. The number of hydrogen-bond acceptors (Lipinski definition) is 3. The van der Waals surface area contributed by atoms with Gasteiger partial charge in [0, 0.05) is 50.6 Å². The van der Waals surface area contributed by atoms with Gasteiger partial charge in [-0.3, -0.25) is 9.69 Å². The Kier molecular flexibility index (Phi) is 4.83. The Hall–Kier alpha value is -1.39. The van der Waals surface area contributed by atoms with Gasteiger partial charge in [0.25, 0.3) is 0 Å². The van der Waals surface area contributed by atoms with Crippen molar-refractivity contribution in [3.05, 3.63) is 35.4 Å². The van der Waals surface area contributed by atoms with E-state index in [0.29, 0.717) is 30.2 Å². The van der Waals surface area contributed by atoms with Gasteiger partial charge in [-0.2, -0.15) is 0 Å². The summed E-state index contributed by atoms with van der Waals surface area (Å²) >= 11 is 0. The number of carbonyl (C=O) groups is 1. The Morgan fingerprint density at radius 1 is 1.20 bits per heavy atom. The minimum absolute atomic E-state index is 0.178. The first kappa shape index (κ1) is 17.0. The molecule has 0 spiro atoms. The molecule has 4 nitrogen and oxygen atoms in total. The molecule has 0 saturated carbocycles. The van der Waals surface area contributed by atoms with E-state index in [9.17, 15) is 4.79 Å². The second-order valence-electron chi connectivity index (χ2n) is 8.25. The van der Waals surface area contributed by atoms with E-state index in [-0.39, 0.29) is 11.9 Å². The van der Waals surface area contributed by atoms with Gasteiger partial charge in [0.15, 0.2) is 0 Å². The smallest absolute Gasteiger partial charge is 0.220 e. The summed E-state index contributed by atoms with van der Waals surface area (Å²) in [6.07, 6.45) is 2.68. The number of fused-ring (bicyclic) bond motifs is 3. The van der Waals surface area contributed by atoms with Crippen molar-refractivity contribution in [1.82, 2.24) is 10.2 Å². The quantitative estimate of drug-likeness (QED) is 0.914. The topological polar surface area (TPSA) is 41.6 Å². The molecule has 2 heterocycles. The van der Waals surface area contributed by atoms with Crippen LogP contribution in [-0.2, 0) is 9.53 Å². The highest BCUT2D eigenvalue weighted by atomic mass is 16.5. The van der Waals surface area contributed by atoms with Gasteiger partial charge in [-0.15, -0.1) is 0 Å². The maximum Gasteiger partial charge on any atom is 0.220 e. The van der Waals surface area contributed by atoms with E-state index in [1.165, 1.54) is 11.1 Å². The number of hydrogen-bond donors (Lipinski definition) is 1. The van der Waals surface area contributed by atoms with E-state index in [4.69, 9.17) is 4.74 Å². The summed E-state index contributed by atoms with van der Waals surface area (Å²) < 4.78 is 5.41. The van der Waals surface area contributed by atoms with Crippen molar-refractivity contribution >= 4 is 5.91 Å². The number of nitrogens with one attached hydrogen (secondary N) is 1. The molecule has 2 saturated heterocycles. The zero-order valence-corrected chi connectivity index (χ0v) is 15.4. The first-order valence-electron chi connectivity index (χ1n) is 9.83. The average molecular weight is 342 g/mol. The van der Waals surface area contributed by atoms with Crippen LogP contribution in [0.2, 0.25) is 0 Å². The summed E-state index contributed by atoms with van der Waals surface area (Å²) in [5, 5.41) is 3.41. The summed E-state index contributed by atoms with van der Waals surface area (Å²) in [7, 11) is 0. The SMILES string of the molecule is CC(C)N1C[C@@H]2[C@H](NC(=O)CC3CCOCC3)c3ccccc3[C@@H]2C1. The Morgan fingerprint density at radius 2 is 1.92 bits per heavy atom. The third-order valence-corrected chi connectivity index (χ3v) is 6.41. The number of ether oxygens (including phenoxy) is 1. The van der Waals surface area contributed by atoms with E-state index in [2.05, 4.69) is 48.3 Å². The zero-order valence-electron chi connectivity index (χ0n) is 15.4. The molecule has 0 unspecified atom stereocenters. The summed E-state index contributed by atoms with van der Waals surface area (Å²) in [6, 6.07) is 9.47. The van der Waals surface area contributed by atoms with Gasteiger partial charge >= 0.3 is 0 Å². The van der Waals surface area contributed by atoms with Crippen LogP contribution in [0.15, 0.2) is 24.3 Å². The first-order chi connectivity index (χ1) is 12.1. The zero-order chi connectivity index (χ0) is 17.4. The minimum atomic E-state index is 0.178. The van der Waals surface area contributed by atoms with E-state index in [1.807, 2.05) is 0 Å².